The van der Waals surface area contributed by atoms with E-state index < -0.39 is 27.8 Å². The first-order valence-electron chi connectivity index (χ1n) is 12.7. The van der Waals surface area contributed by atoms with Crippen LogP contribution in [0.5, 0.6) is 5.75 Å². The Balaban J connectivity index is 1.41. The van der Waals surface area contributed by atoms with Crippen LogP contribution in [0.4, 0.5) is 13.2 Å². The molecule has 0 spiro atoms. The number of amides is 1. The molecule has 2 aromatic carbocycles. The molecule has 11 heteroatoms. The van der Waals surface area contributed by atoms with Crippen molar-refractivity contribution in [3.63, 3.8) is 0 Å². The summed E-state index contributed by atoms with van der Waals surface area (Å²) in [5, 5.41) is 6.47. The Morgan fingerprint density at radius 1 is 1.08 bits per heavy atom. The number of nitrogens with zero attached hydrogens (tertiary/aromatic N) is 1. The second-order valence-electron chi connectivity index (χ2n) is 10.9. The van der Waals surface area contributed by atoms with E-state index in [0.717, 1.165) is 41.1 Å². The van der Waals surface area contributed by atoms with Crippen LogP contribution in [0.2, 0.25) is 0 Å². The van der Waals surface area contributed by atoms with Crippen LogP contribution in [0.25, 0.3) is 0 Å². The Kier molecular flexibility index (Phi) is 8.11. The third-order valence-electron chi connectivity index (χ3n) is 6.81. The maximum Gasteiger partial charge on any atom is 0.416 e. The molecule has 2 aliphatic rings. The molecule has 0 aliphatic carbocycles. The van der Waals surface area contributed by atoms with Gasteiger partial charge in [0.25, 0.3) is 0 Å². The third kappa shape index (κ3) is 6.68. The first kappa shape index (κ1) is 28.4. The normalized spacial score (nSPS) is 20.6. The highest BCUT2D eigenvalue weighted by Crippen LogP contribution is 2.35. The molecule has 0 radical (unpaired) electrons. The zero-order valence-electron chi connectivity index (χ0n) is 21.8. The molecule has 2 aromatic rings. The molecule has 0 bridgehead atoms. The summed E-state index contributed by atoms with van der Waals surface area (Å²) in [6.45, 7) is 7.62. The highest BCUT2D eigenvalue weighted by Gasteiger charge is 2.38. The average Bonchev–Trinajstić information content (AvgIpc) is 3.31. The minimum atomic E-state index is -4.55. The summed E-state index contributed by atoms with van der Waals surface area (Å²) < 4.78 is 72.1. The maximum atomic E-state index is 13.2. The molecule has 0 aromatic heterocycles. The van der Waals surface area contributed by atoms with Crippen molar-refractivity contribution in [2.75, 3.05) is 13.2 Å². The van der Waals surface area contributed by atoms with Gasteiger partial charge < -0.3 is 15.4 Å². The molecule has 2 heterocycles. The summed E-state index contributed by atoms with van der Waals surface area (Å²) in [4.78, 5) is 12.8. The van der Waals surface area contributed by atoms with Gasteiger partial charge in [0.05, 0.1) is 23.1 Å². The minimum absolute atomic E-state index is 0.0264. The number of carbonyl (C=O) groups is 1. The van der Waals surface area contributed by atoms with Gasteiger partial charge in [0.2, 0.25) is 15.9 Å². The topological polar surface area (TPSA) is 87.7 Å². The van der Waals surface area contributed by atoms with Crippen LogP contribution in [0.15, 0.2) is 47.4 Å². The van der Waals surface area contributed by atoms with Crippen LogP contribution in [-0.2, 0) is 27.5 Å². The predicted molar refractivity (Wildman–Crippen MR) is 137 cm³/mol. The van der Waals surface area contributed by atoms with Crippen molar-refractivity contribution in [3.8, 4) is 5.75 Å². The van der Waals surface area contributed by atoms with Gasteiger partial charge in [-0.25, -0.2) is 8.42 Å². The van der Waals surface area contributed by atoms with E-state index in [4.69, 9.17) is 4.74 Å². The average molecular weight is 554 g/mol. The summed E-state index contributed by atoms with van der Waals surface area (Å²) in [7, 11) is -4.04. The molecule has 208 valence electrons. The van der Waals surface area contributed by atoms with Crippen LogP contribution in [0.3, 0.4) is 0 Å². The van der Waals surface area contributed by atoms with E-state index in [9.17, 15) is 26.4 Å². The number of nitrogens with one attached hydrogen (secondary N) is 2. The van der Waals surface area contributed by atoms with Crippen molar-refractivity contribution in [3.05, 3.63) is 59.2 Å². The second-order valence-corrected chi connectivity index (χ2v) is 12.8. The number of halogens is 3. The monoisotopic (exact) mass is 553 g/mol. The fourth-order valence-corrected chi connectivity index (χ4v) is 6.50. The number of rotatable bonds is 7. The van der Waals surface area contributed by atoms with E-state index in [1.165, 1.54) is 4.31 Å². The number of fused-ring (bicyclic) bond motifs is 1. The van der Waals surface area contributed by atoms with Crippen molar-refractivity contribution in [2.24, 2.45) is 0 Å². The lowest BCUT2D eigenvalue weighted by atomic mass is 9.98. The lowest BCUT2D eigenvalue weighted by molar-refractivity contribution is -0.137. The number of hydrogen-bond acceptors (Lipinski definition) is 5. The first-order valence-corrected chi connectivity index (χ1v) is 14.2. The Morgan fingerprint density at radius 3 is 2.45 bits per heavy atom. The van der Waals surface area contributed by atoms with Crippen LogP contribution in [0.1, 0.15) is 69.2 Å². The molecule has 38 heavy (non-hydrogen) atoms. The quantitative estimate of drug-likeness (QED) is 0.516. The van der Waals surface area contributed by atoms with E-state index in [2.05, 4.69) is 31.4 Å². The molecule has 2 N–H and O–H groups in total. The zero-order valence-corrected chi connectivity index (χ0v) is 22.6. The fraction of sp³-hybridized carbons (Fsp3) is 0.519. The number of hydrogen-bond donors (Lipinski definition) is 2. The van der Waals surface area contributed by atoms with Crippen LogP contribution in [-0.4, -0.2) is 43.4 Å². The van der Waals surface area contributed by atoms with Gasteiger partial charge in [-0.2, -0.15) is 17.5 Å². The minimum Gasteiger partial charge on any atom is -0.493 e. The van der Waals surface area contributed by atoms with Crippen molar-refractivity contribution >= 4 is 15.9 Å². The summed E-state index contributed by atoms with van der Waals surface area (Å²) in [6.07, 6.45) is -2.91. The van der Waals surface area contributed by atoms with Gasteiger partial charge in [0.15, 0.2) is 0 Å². The van der Waals surface area contributed by atoms with Crippen LogP contribution >= 0.6 is 0 Å². The Labute approximate surface area is 221 Å². The second kappa shape index (κ2) is 10.9. The lowest BCUT2D eigenvalue weighted by Crippen LogP contribution is -2.40. The van der Waals surface area contributed by atoms with Gasteiger partial charge in [-0.1, -0.05) is 12.1 Å². The Morgan fingerprint density at radius 2 is 1.79 bits per heavy atom. The van der Waals surface area contributed by atoms with E-state index >= 15 is 0 Å². The van der Waals surface area contributed by atoms with Gasteiger partial charge in [-0.05, 0) is 69.5 Å². The number of alkyl halides is 3. The molecular weight excluding hydrogens is 519 g/mol. The molecule has 4 rings (SSSR count). The van der Waals surface area contributed by atoms with E-state index in [1.54, 1.807) is 0 Å². The van der Waals surface area contributed by atoms with E-state index in [1.807, 2.05) is 18.2 Å². The van der Waals surface area contributed by atoms with E-state index in [-0.39, 0.29) is 35.3 Å². The Hall–Kier alpha value is -2.63. The molecule has 0 unspecified atom stereocenters. The van der Waals surface area contributed by atoms with Crippen LogP contribution in [0, 0.1) is 0 Å². The van der Waals surface area contributed by atoms with Crippen molar-refractivity contribution in [1.82, 2.24) is 14.9 Å². The third-order valence-corrected chi connectivity index (χ3v) is 8.77. The predicted octanol–water partition coefficient (Wildman–Crippen LogP) is 4.78. The van der Waals surface area contributed by atoms with Gasteiger partial charge in [-0.15, -0.1) is 0 Å². The molecular formula is C27H34F3N3O4S. The first-order chi connectivity index (χ1) is 17.7. The van der Waals surface area contributed by atoms with E-state index in [0.29, 0.717) is 32.4 Å². The summed E-state index contributed by atoms with van der Waals surface area (Å²) in [6, 6.07) is 8.58. The van der Waals surface area contributed by atoms with Crippen molar-refractivity contribution in [1.29, 1.82) is 0 Å². The lowest BCUT2D eigenvalue weighted by Gasteiger charge is -2.29. The number of sulfonamides is 1. The number of benzene rings is 2. The fourth-order valence-electron chi connectivity index (χ4n) is 4.81. The van der Waals surface area contributed by atoms with Crippen molar-refractivity contribution in [2.45, 2.75) is 81.7 Å². The highest BCUT2D eigenvalue weighted by atomic mass is 32.2. The van der Waals surface area contributed by atoms with Crippen molar-refractivity contribution < 1.29 is 31.1 Å². The zero-order chi connectivity index (χ0) is 27.7. The number of ether oxygens (including phenoxy) is 1. The molecule has 0 saturated carbocycles. The SMILES string of the molecule is CC(C)(C)NCc1ccc2c(c1)OCC[C@H]2NC(=O)C[C@@H]1CCCN1S(=O)(=O)c1ccc(C(F)(F)F)cc1. The summed E-state index contributed by atoms with van der Waals surface area (Å²) in [5.74, 6) is 0.447. The largest absolute Gasteiger partial charge is 0.493 e. The standard InChI is InChI=1S/C27H34F3N3O4S/c1-26(2,3)31-17-18-6-11-22-23(12-14-37-24(22)15-18)32-25(34)16-20-5-4-13-33(20)38(35,36)21-9-7-19(8-10-21)27(28,29)30/h6-11,15,20,23,31H,4-5,12-14,16-17H2,1-3H3,(H,32,34)/t20-,23+/m0/s1. The molecule has 1 fully saturated rings. The van der Waals surface area contributed by atoms with Gasteiger partial charge in [0, 0.05) is 43.1 Å². The number of carbonyl (C=O) groups excluding carboxylic acids is 1. The van der Waals surface area contributed by atoms with Gasteiger partial charge >= 0.3 is 6.18 Å². The summed E-state index contributed by atoms with van der Waals surface area (Å²) >= 11 is 0. The highest BCUT2D eigenvalue weighted by molar-refractivity contribution is 7.89. The molecule has 1 amide bonds. The Bertz CT molecular complexity index is 1260. The van der Waals surface area contributed by atoms with Gasteiger partial charge in [0.1, 0.15) is 5.75 Å². The van der Waals surface area contributed by atoms with Crippen LogP contribution < -0.4 is 15.4 Å². The molecule has 2 atom stereocenters. The maximum absolute atomic E-state index is 13.2. The molecule has 7 nitrogen and oxygen atoms in total. The smallest absolute Gasteiger partial charge is 0.416 e. The summed E-state index contributed by atoms with van der Waals surface area (Å²) in [5.41, 5.74) is 1.01. The van der Waals surface area contributed by atoms with Gasteiger partial charge in [-0.3, -0.25) is 4.79 Å². The molecule has 2 aliphatic heterocycles. The molecule has 1 saturated heterocycles.